The third kappa shape index (κ3) is 2.93. The van der Waals surface area contributed by atoms with Gasteiger partial charge in [0.1, 0.15) is 22.9 Å². The van der Waals surface area contributed by atoms with Crippen molar-refractivity contribution in [1.29, 1.82) is 0 Å². The van der Waals surface area contributed by atoms with Crippen LogP contribution in [0.25, 0.3) is 5.78 Å². The predicted octanol–water partition coefficient (Wildman–Crippen LogP) is 2.43. The molecule has 1 N–H and O–H groups in total. The zero-order valence-corrected chi connectivity index (χ0v) is 11.8. The quantitative estimate of drug-likeness (QED) is 0.813. The fraction of sp³-hybridized carbons (Fsp3) is 0.455. The highest BCUT2D eigenvalue weighted by Crippen LogP contribution is 2.22. The first-order valence-corrected chi connectivity index (χ1v) is 6.01. The van der Waals surface area contributed by atoms with Gasteiger partial charge in [0.2, 0.25) is 0 Å². The van der Waals surface area contributed by atoms with E-state index in [1.165, 1.54) is 10.8 Å². The fourth-order valence-corrected chi connectivity index (χ4v) is 1.61. The van der Waals surface area contributed by atoms with Crippen LogP contribution in [-0.2, 0) is 4.74 Å². The maximum atomic E-state index is 11.8. The van der Waals surface area contributed by atoms with Gasteiger partial charge in [-0.3, -0.25) is 5.32 Å². The summed E-state index contributed by atoms with van der Waals surface area (Å²) < 4.78 is 6.58. The number of rotatable bonds is 1. The predicted molar refractivity (Wildman–Crippen MR) is 70.4 cm³/mol. The van der Waals surface area contributed by atoms with E-state index in [1.807, 2.05) is 0 Å². The number of halogens is 1. The molecule has 19 heavy (non-hydrogen) atoms. The number of fused-ring (bicyclic) bond motifs is 1. The van der Waals surface area contributed by atoms with Gasteiger partial charge >= 0.3 is 6.09 Å². The molecule has 2 rings (SSSR count). The molecule has 0 aliphatic rings. The highest BCUT2D eigenvalue weighted by molar-refractivity contribution is 6.30. The van der Waals surface area contributed by atoms with Gasteiger partial charge in [-0.15, -0.1) is 0 Å². The van der Waals surface area contributed by atoms with Gasteiger partial charge in [0.15, 0.2) is 0 Å². The first kappa shape index (κ1) is 13.5. The van der Waals surface area contributed by atoms with Crippen LogP contribution < -0.4 is 5.32 Å². The second kappa shape index (κ2) is 4.65. The monoisotopic (exact) mass is 283 g/mol. The Kier molecular flexibility index (Phi) is 3.32. The second-order valence-electron chi connectivity index (χ2n) is 4.97. The minimum absolute atomic E-state index is 0.256. The van der Waals surface area contributed by atoms with Crippen molar-refractivity contribution in [3.8, 4) is 0 Å². The van der Waals surface area contributed by atoms with Crippen molar-refractivity contribution in [3.05, 3.63) is 17.0 Å². The summed E-state index contributed by atoms with van der Waals surface area (Å²) in [6, 6.07) is 0. The lowest BCUT2D eigenvalue weighted by Gasteiger charge is -2.20. The van der Waals surface area contributed by atoms with Gasteiger partial charge in [-0.25, -0.2) is 4.79 Å². The summed E-state index contributed by atoms with van der Waals surface area (Å²) in [6.07, 6.45) is 0.743. The maximum absolute atomic E-state index is 11.8. The molecular formula is C11H14ClN5O2. The van der Waals surface area contributed by atoms with Crippen molar-refractivity contribution < 1.29 is 9.53 Å². The number of anilines is 1. The molecule has 1 amide bonds. The summed E-state index contributed by atoms with van der Waals surface area (Å²) in [7, 11) is 0. The summed E-state index contributed by atoms with van der Waals surface area (Å²) in [6.45, 7) is 7.07. The molecule has 0 atom stereocenters. The van der Waals surface area contributed by atoms with Gasteiger partial charge < -0.3 is 4.74 Å². The van der Waals surface area contributed by atoms with Gasteiger partial charge in [-0.1, -0.05) is 11.6 Å². The number of nitrogens with one attached hydrogen (secondary N) is 1. The number of carbonyl (C=O) groups is 1. The number of hydrogen-bond acceptors (Lipinski definition) is 5. The van der Waals surface area contributed by atoms with E-state index in [4.69, 9.17) is 16.3 Å². The number of hydrogen-bond donors (Lipinski definition) is 1. The highest BCUT2D eigenvalue weighted by Gasteiger charge is 2.19. The Morgan fingerprint density at radius 1 is 1.47 bits per heavy atom. The lowest BCUT2D eigenvalue weighted by molar-refractivity contribution is 0.0635. The van der Waals surface area contributed by atoms with Crippen LogP contribution in [0.15, 0.2) is 6.33 Å². The summed E-state index contributed by atoms with van der Waals surface area (Å²) in [5.74, 6) is 0.698. The topological polar surface area (TPSA) is 81.4 Å². The van der Waals surface area contributed by atoms with Crippen molar-refractivity contribution in [2.45, 2.75) is 33.3 Å². The molecule has 0 unspecified atom stereocenters. The maximum Gasteiger partial charge on any atom is 0.413 e. The molecule has 0 radical (unpaired) electrons. The molecule has 0 aliphatic carbocycles. The number of carbonyl (C=O) groups excluding carboxylic acids is 1. The van der Waals surface area contributed by atoms with E-state index in [-0.39, 0.29) is 5.15 Å². The molecule has 2 aromatic rings. The number of ether oxygens (including phenoxy) is 1. The molecule has 7 nitrogen and oxygen atoms in total. The van der Waals surface area contributed by atoms with E-state index in [9.17, 15) is 4.79 Å². The Bertz CT molecular complexity index is 632. The summed E-state index contributed by atoms with van der Waals surface area (Å²) >= 11 is 5.98. The van der Waals surface area contributed by atoms with Gasteiger partial charge in [0.25, 0.3) is 5.78 Å². The lowest BCUT2D eigenvalue weighted by Crippen LogP contribution is -2.28. The molecule has 0 fully saturated rings. The zero-order chi connectivity index (χ0) is 14.2. The number of amides is 1. The molecule has 0 bridgehead atoms. The van der Waals surface area contributed by atoms with Crippen molar-refractivity contribution in [3.63, 3.8) is 0 Å². The standard InChI is InChI=1S/C11H14ClN5O2/c1-6-7(12)15-9-13-5-14-17(9)8(6)16-10(18)19-11(2,3)4/h5H,1-4H3,(H,16,18). The minimum atomic E-state index is -0.588. The van der Waals surface area contributed by atoms with Gasteiger partial charge in [-0.05, 0) is 27.7 Å². The van der Waals surface area contributed by atoms with E-state index in [0.29, 0.717) is 17.2 Å². The zero-order valence-electron chi connectivity index (χ0n) is 11.1. The summed E-state index contributed by atoms with van der Waals surface area (Å²) in [4.78, 5) is 19.8. The van der Waals surface area contributed by atoms with Gasteiger partial charge in [0.05, 0.1) is 0 Å². The average Bonchev–Trinajstić information content (AvgIpc) is 2.69. The normalized spacial score (nSPS) is 11.6. The van der Waals surface area contributed by atoms with Crippen LogP contribution in [0.5, 0.6) is 0 Å². The van der Waals surface area contributed by atoms with Crippen LogP contribution in [-0.4, -0.2) is 31.3 Å². The van der Waals surface area contributed by atoms with E-state index < -0.39 is 11.7 Å². The first-order valence-electron chi connectivity index (χ1n) is 5.64. The smallest absolute Gasteiger partial charge is 0.413 e. The molecule has 0 saturated heterocycles. The average molecular weight is 284 g/mol. The van der Waals surface area contributed by atoms with Crippen LogP contribution in [0.4, 0.5) is 10.6 Å². The third-order valence-electron chi connectivity index (χ3n) is 2.22. The molecule has 0 aromatic carbocycles. The van der Waals surface area contributed by atoms with Crippen LogP contribution in [0, 0.1) is 6.92 Å². The fourth-order valence-electron chi connectivity index (χ4n) is 1.44. The molecule has 0 saturated carbocycles. The van der Waals surface area contributed by atoms with E-state index >= 15 is 0 Å². The van der Waals surface area contributed by atoms with E-state index in [1.54, 1.807) is 27.7 Å². The largest absolute Gasteiger partial charge is 0.444 e. The third-order valence-corrected chi connectivity index (χ3v) is 2.59. The number of nitrogens with zero attached hydrogens (tertiary/aromatic N) is 4. The molecule has 2 heterocycles. The molecule has 0 spiro atoms. The summed E-state index contributed by atoms with van der Waals surface area (Å²) in [5.41, 5.74) is 0.00144. The van der Waals surface area contributed by atoms with Crippen molar-refractivity contribution in [2.24, 2.45) is 0 Å². The SMILES string of the molecule is Cc1c(Cl)nc2ncnn2c1NC(=O)OC(C)(C)C. The Labute approximate surface area is 114 Å². The lowest BCUT2D eigenvalue weighted by atomic mass is 10.2. The van der Waals surface area contributed by atoms with Crippen LogP contribution in [0.2, 0.25) is 5.15 Å². The molecule has 2 aromatic heterocycles. The van der Waals surface area contributed by atoms with Crippen molar-refractivity contribution >= 4 is 29.3 Å². The highest BCUT2D eigenvalue weighted by atomic mass is 35.5. The second-order valence-corrected chi connectivity index (χ2v) is 5.33. The van der Waals surface area contributed by atoms with Gasteiger partial charge in [-0.2, -0.15) is 19.6 Å². The van der Waals surface area contributed by atoms with Gasteiger partial charge in [0, 0.05) is 5.56 Å². The van der Waals surface area contributed by atoms with Crippen molar-refractivity contribution in [1.82, 2.24) is 19.6 Å². The Morgan fingerprint density at radius 2 is 2.16 bits per heavy atom. The Balaban J connectivity index is 2.37. The first-order chi connectivity index (χ1) is 8.78. The number of aromatic nitrogens is 4. The Morgan fingerprint density at radius 3 is 2.79 bits per heavy atom. The molecule has 102 valence electrons. The van der Waals surface area contributed by atoms with Crippen molar-refractivity contribution in [2.75, 3.05) is 5.32 Å². The van der Waals surface area contributed by atoms with E-state index in [2.05, 4.69) is 20.4 Å². The Hall–Kier alpha value is -1.89. The van der Waals surface area contributed by atoms with E-state index in [0.717, 1.165) is 0 Å². The molecular weight excluding hydrogens is 270 g/mol. The van der Waals surface area contributed by atoms with Crippen LogP contribution >= 0.6 is 11.6 Å². The van der Waals surface area contributed by atoms with Crippen LogP contribution in [0.1, 0.15) is 26.3 Å². The minimum Gasteiger partial charge on any atom is -0.444 e. The van der Waals surface area contributed by atoms with Crippen LogP contribution in [0.3, 0.4) is 0 Å². The molecule has 0 aliphatic heterocycles. The summed E-state index contributed by atoms with van der Waals surface area (Å²) in [5, 5.41) is 6.85. The molecule has 8 heteroatoms.